The number of rotatable bonds is 2. The van der Waals surface area contributed by atoms with E-state index in [2.05, 4.69) is 12.2 Å². The number of amides is 1. The first-order chi connectivity index (χ1) is 9.77. The Morgan fingerprint density at radius 1 is 1.33 bits per heavy atom. The van der Waals surface area contributed by atoms with Gasteiger partial charge in [-0.15, -0.1) is 0 Å². The van der Waals surface area contributed by atoms with Crippen molar-refractivity contribution in [3.05, 3.63) is 34.3 Å². The molecule has 0 radical (unpaired) electrons. The summed E-state index contributed by atoms with van der Waals surface area (Å²) >= 11 is 5.86. The third-order valence-electron chi connectivity index (χ3n) is 3.81. The average Bonchev–Trinajstić information content (AvgIpc) is 2.37. The summed E-state index contributed by atoms with van der Waals surface area (Å²) in [5.74, 6) is -0.0220. The fourth-order valence-corrected chi connectivity index (χ4v) is 2.91. The molecule has 1 saturated carbocycles. The van der Waals surface area contributed by atoms with E-state index in [0.717, 1.165) is 43.9 Å². The van der Waals surface area contributed by atoms with Crippen LogP contribution in [0, 0.1) is 5.92 Å². The largest absolute Gasteiger partial charge is 0.416 e. The van der Waals surface area contributed by atoms with Crippen LogP contribution in [0.4, 0.5) is 13.2 Å². The van der Waals surface area contributed by atoms with Crippen LogP contribution in [0.15, 0.2) is 18.2 Å². The minimum atomic E-state index is -4.49. The van der Waals surface area contributed by atoms with E-state index >= 15 is 0 Å². The first-order valence-electron chi connectivity index (χ1n) is 6.95. The molecule has 2 atom stereocenters. The molecule has 0 spiro atoms. The maximum absolute atomic E-state index is 12.7. The number of hydrogen-bond acceptors (Lipinski definition) is 1. The van der Waals surface area contributed by atoms with Crippen molar-refractivity contribution in [2.24, 2.45) is 5.92 Å². The lowest BCUT2D eigenvalue weighted by molar-refractivity contribution is -0.137. The van der Waals surface area contributed by atoms with Crippen LogP contribution in [0.3, 0.4) is 0 Å². The van der Waals surface area contributed by atoms with Crippen molar-refractivity contribution in [2.45, 2.75) is 44.8 Å². The molecule has 2 rings (SSSR count). The van der Waals surface area contributed by atoms with Gasteiger partial charge in [0.1, 0.15) is 0 Å². The Morgan fingerprint density at radius 2 is 2.05 bits per heavy atom. The van der Waals surface area contributed by atoms with E-state index < -0.39 is 17.6 Å². The molecule has 1 aliphatic carbocycles. The van der Waals surface area contributed by atoms with E-state index in [-0.39, 0.29) is 16.6 Å². The average molecular weight is 320 g/mol. The lowest BCUT2D eigenvalue weighted by Crippen LogP contribution is -2.38. The quantitative estimate of drug-likeness (QED) is 0.843. The van der Waals surface area contributed by atoms with E-state index in [4.69, 9.17) is 11.6 Å². The Balaban J connectivity index is 2.15. The van der Waals surface area contributed by atoms with Crippen LogP contribution in [0.2, 0.25) is 5.02 Å². The summed E-state index contributed by atoms with van der Waals surface area (Å²) in [6, 6.07) is 2.81. The summed E-state index contributed by atoms with van der Waals surface area (Å²) in [5, 5.41) is 2.83. The molecule has 21 heavy (non-hydrogen) atoms. The van der Waals surface area contributed by atoms with Gasteiger partial charge in [0, 0.05) is 6.04 Å². The Bertz CT molecular complexity index is 530. The molecule has 2 nitrogen and oxygen atoms in total. The first-order valence-corrected chi connectivity index (χ1v) is 7.33. The van der Waals surface area contributed by atoms with Crippen LogP contribution < -0.4 is 5.32 Å². The van der Waals surface area contributed by atoms with Gasteiger partial charge < -0.3 is 5.32 Å². The summed E-state index contributed by atoms with van der Waals surface area (Å²) < 4.78 is 38.1. The fourth-order valence-electron chi connectivity index (χ4n) is 2.70. The Morgan fingerprint density at radius 3 is 2.67 bits per heavy atom. The van der Waals surface area contributed by atoms with Crippen molar-refractivity contribution < 1.29 is 18.0 Å². The first kappa shape index (κ1) is 16.1. The predicted octanol–water partition coefficient (Wildman–Crippen LogP) is 4.67. The maximum atomic E-state index is 12.7. The van der Waals surface area contributed by atoms with Crippen molar-refractivity contribution >= 4 is 17.5 Å². The van der Waals surface area contributed by atoms with E-state index in [1.54, 1.807) is 0 Å². The zero-order valence-corrected chi connectivity index (χ0v) is 12.4. The number of hydrogen-bond donors (Lipinski definition) is 1. The van der Waals surface area contributed by atoms with Gasteiger partial charge in [-0.3, -0.25) is 4.79 Å². The summed E-state index contributed by atoms with van der Waals surface area (Å²) in [6.07, 6.45) is -0.646. The van der Waals surface area contributed by atoms with Crippen LogP contribution in [-0.4, -0.2) is 11.9 Å². The summed E-state index contributed by atoms with van der Waals surface area (Å²) in [5.41, 5.74) is -0.987. The number of alkyl halides is 3. The van der Waals surface area contributed by atoms with Gasteiger partial charge in [0.05, 0.1) is 16.1 Å². The SMILES string of the molecule is CC1CCCC(NC(=O)c2cc(C(F)(F)F)ccc2Cl)C1. The number of benzene rings is 1. The monoisotopic (exact) mass is 319 g/mol. The highest BCUT2D eigenvalue weighted by Gasteiger charge is 2.32. The Labute approximate surface area is 126 Å². The Hall–Kier alpha value is -1.23. The zero-order chi connectivity index (χ0) is 15.6. The molecule has 0 heterocycles. The standard InChI is InChI=1S/C15H17ClF3NO/c1-9-3-2-4-11(7-9)20-14(21)12-8-10(15(17,18)19)5-6-13(12)16/h5-6,8-9,11H,2-4,7H2,1H3,(H,20,21). The molecular weight excluding hydrogens is 303 g/mol. The second-order valence-electron chi connectivity index (χ2n) is 5.63. The lowest BCUT2D eigenvalue weighted by atomic mass is 9.87. The number of halogens is 4. The van der Waals surface area contributed by atoms with Crippen molar-refractivity contribution in [1.82, 2.24) is 5.32 Å². The molecule has 1 aromatic carbocycles. The zero-order valence-electron chi connectivity index (χ0n) is 11.6. The fraction of sp³-hybridized carbons (Fsp3) is 0.533. The smallest absolute Gasteiger partial charge is 0.349 e. The summed E-state index contributed by atoms with van der Waals surface area (Å²) in [4.78, 5) is 12.2. The van der Waals surface area contributed by atoms with Gasteiger partial charge in [-0.25, -0.2) is 0 Å². The number of carbonyl (C=O) groups is 1. The minimum absolute atomic E-state index is 0.00635. The summed E-state index contributed by atoms with van der Waals surface area (Å²) in [6.45, 7) is 2.11. The van der Waals surface area contributed by atoms with Gasteiger partial charge in [0.25, 0.3) is 5.91 Å². The highest BCUT2D eigenvalue weighted by atomic mass is 35.5. The van der Waals surface area contributed by atoms with E-state index in [1.165, 1.54) is 0 Å². The van der Waals surface area contributed by atoms with E-state index in [1.807, 2.05) is 0 Å². The topological polar surface area (TPSA) is 29.1 Å². The van der Waals surface area contributed by atoms with Gasteiger partial charge >= 0.3 is 6.18 Å². The normalized spacial score (nSPS) is 22.9. The van der Waals surface area contributed by atoms with Gasteiger partial charge in [-0.2, -0.15) is 13.2 Å². The molecular formula is C15H17ClF3NO. The van der Waals surface area contributed by atoms with Crippen LogP contribution in [0.5, 0.6) is 0 Å². The minimum Gasteiger partial charge on any atom is -0.349 e. The van der Waals surface area contributed by atoms with Crippen LogP contribution in [0.25, 0.3) is 0 Å². The van der Waals surface area contributed by atoms with Gasteiger partial charge in [0.15, 0.2) is 0 Å². The Kier molecular flexibility index (Phi) is 4.81. The molecule has 0 bridgehead atoms. The van der Waals surface area contributed by atoms with Crippen molar-refractivity contribution in [3.63, 3.8) is 0 Å². The second-order valence-corrected chi connectivity index (χ2v) is 6.04. The molecule has 2 unspecified atom stereocenters. The molecule has 1 aliphatic rings. The molecule has 0 aliphatic heterocycles. The van der Waals surface area contributed by atoms with Crippen LogP contribution in [0.1, 0.15) is 48.5 Å². The highest BCUT2D eigenvalue weighted by Crippen LogP contribution is 2.32. The van der Waals surface area contributed by atoms with Crippen molar-refractivity contribution in [2.75, 3.05) is 0 Å². The van der Waals surface area contributed by atoms with Gasteiger partial charge in [-0.05, 0) is 37.0 Å². The summed E-state index contributed by atoms with van der Waals surface area (Å²) in [7, 11) is 0. The molecule has 1 aromatic rings. The molecule has 6 heteroatoms. The third-order valence-corrected chi connectivity index (χ3v) is 4.14. The predicted molar refractivity (Wildman–Crippen MR) is 75.3 cm³/mol. The van der Waals surface area contributed by atoms with Crippen molar-refractivity contribution in [1.29, 1.82) is 0 Å². The van der Waals surface area contributed by atoms with E-state index in [0.29, 0.717) is 5.92 Å². The lowest BCUT2D eigenvalue weighted by Gasteiger charge is -2.27. The highest BCUT2D eigenvalue weighted by molar-refractivity contribution is 6.33. The number of carbonyl (C=O) groups excluding carboxylic acids is 1. The molecule has 1 N–H and O–H groups in total. The molecule has 0 saturated heterocycles. The van der Waals surface area contributed by atoms with Crippen LogP contribution >= 0.6 is 11.6 Å². The molecule has 0 aromatic heterocycles. The number of nitrogens with one attached hydrogen (secondary N) is 1. The van der Waals surface area contributed by atoms with Gasteiger partial charge in [-0.1, -0.05) is 31.4 Å². The van der Waals surface area contributed by atoms with Crippen molar-refractivity contribution in [3.8, 4) is 0 Å². The van der Waals surface area contributed by atoms with E-state index in [9.17, 15) is 18.0 Å². The molecule has 1 amide bonds. The molecule has 1 fully saturated rings. The maximum Gasteiger partial charge on any atom is 0.416 e. The van der Waals surface area contributed by atoms with Crippen LogP contribution in [-0.2, 0) is 6.18 Å². The molecule has 116 valence electrons. The third kappa shape index (κ3) is 4.13. The van der Waals surface area contributed by atoms with Gasteiger partial charge in [0.2, 0.25) is 0 Å². The second kappa shape index (κ2) is 6.26.